The van der Waals surface area contributed by atoms with Crippen molar-refractivity contribution >= 4 is 97.2 Å². The molecule has 0 fully saturated rings. The van der Waals surface area contributed by atoms with Crippen LogP contribution in [0.1, 0.15) is 0 Å². The Bertz CT molecular complexity index is 3870. The molecular formula is C54H30N2O2S. The number of aromatic nitrogens is 2. The lowest BCUT2D eigenvalue weighted by Crippen LogP contribution is -1.87. The van der Waals surface area contributed by atoms with Gasteiger partial charge < -0.3 is 8.83 Å². The van der Waals surface area contributed by atoms with E-state index in [1.54, 1.807) is 11.3 Å². The van der Waals surface area contributed by atoms with E-state index in [-0.39, 0.29) is 0 Å². The Morgan fingerprint density at radius 3 is 1.56 bits per heavy atom. The molecule has 0 aliphatic rings. The van der Waals surface area contributed by atoms with Crippen LogP contribution in [-0.2, 0) is 0 Å². The van der Waals surface area contributed by atoms with Crippen molar-refractivity contribution in [2.75, 3.05) is 0 Å². The third-order valence-corrected chi connectivity index (χ3v) is 13.0. The van der Waals surface area contributed by atoms with Gasteiger partial charge in [-0.3, -0.25) is 4.98 Å². The number of para-hydroxylation sites is 2. The molecule has 0 saturated heterocycles. The maximum Gasteiger partial charge on any atom is 0.143 e. The van der Waals surface area contributed by atoms with Gasteiger partial charge in [-0.2, -0.15) is 0 Å². The van der Waals surface area contributed by atoms with Gasteiger partial charge >= 0.3 is 0 Å². The molecule has 0 amide bonds. The second kappa shape index (κ2) is 12.4. The van der Waals surface area contributed by atoms with Crippen molar-refractivity contribution in [2.45, 2.75) is 0 Å². The summed E-state index contributed by atoms with van der Waals surface area (Å²) in [6.07, 6.45) is 1.91. The van der Waals surface area contributed by atoms with Crippen molar-refractivity contribution < 1.29 is 8.83 Å². The quantitative estimate of drug-likeness (QED) is 0.179. The molecule has 59 heavy (non-hydrogen) atoms. The Morgan fingerprint density at radius 1 is 0.373 bits per heavy atom. The molecule has 0 N–H and O–H groups in total. The van der Waals surface area contributed by atoms with E-state index in [1.165, 1.54) is 10.8 Å². The van der Waals surface area contributed by atoms with Gasteiger partial charge in [0.05, 0.1) is 11.9 Å². The van der Waals surface area contributed by atoms with Crippen molar-refractivity contribution in [2.24, 2.45) is 0 Å². The minimum Gasteiger partial charge on any atom is -0.455 e. The number of furan rings is 2. The summed E-state index contributed by atoms with van der Waals surface area (Å²) in [4.78, 5) is 11.2. The Hall–Kier alpha value is -7.60. The van der Waals surface area contributed by atoms with Gasteiger partial charge in [-0.05, 0) is 69.4 Å². The first-order valence-corrected chi connectivity index (χ1v) is 20.6. The predicted octanol–water partition coefficient (Wildman–Crippen LogP) is 15.6. The van der Waals surface area contributed by atoms with Crippen molar-refractivity contribution in [3.8, 4) is 44.6 Å². The molecule has 4 nitrogen and oxygen atoms in total. The summed E-state index contributed by atoms with van der Waals surface area (Å²) < 4.78 is 14.5. The zero-order valence-corrected chi connectivity index (χ0v) is 32.3. The fourth-order valence-electron chi connectivity index (χ4n) is 9.07. The lowest BCUT2D eigenvalue weighted by molar-refractivity contribution is 0.673. The van der Waals surface area contributed by atoms with E-state index in [0.717, 1.165) is 120 Å². The van der Waals surface area contributed by atoms with Gasteiger partial charge in [0, 0.05) is 59.1 Å². The average molecular weight is 771 g/mol. The van der Waals surface area contributed by atoms with Crippen molar-refractivity contribution in [1.29, 1.82) is 0 Å². The summed E-state index contributed by atoms with van der Waals surface area (Å²) in [5, 5.41) is 10.2. The number of benzene rings is 9. The molecule has 0 aliphatic carbocycles. The fraction of sp³-hybridized carbons (Fsp3) is 0. The van der Waals surface area contributed by atoms with Crippen LogP contribution in [0.4, 0.5) is 0 Å². The van der Waals surface area contributed by atoms with E-state index in [2.05, 4.69) is 176 Å². The molecule has 0 radical (unpaired) electrons. The summed E-state index contributed by atoms with van der Waals surface area (Å²) >= 11 is 1.68. The van der Waals surface area contributed by atoms with Gasteiger partial charge in [0.15, 0.2) is 0 Å². The molecule has 0 saturated carbocycles. The molecule has 0 unspecified atom stereocenters. The van der Waals surface area contributed by atoms with Crippen LogP contribution >= 0.6 is 11.3 Å². The van der Waals surface area contributed by atoms with Crippen LogP contribution in [0.2, 0.25) is 0 Å². The van der Waals surface area contributed by atoms with Gasteiger partial charge in [0.25, 0.3) is 0 Å². The van der Waals surface area contributed by atoms with Crippen LogP contribution < -0.4 is 0 Å². The minimum atomic E-state index is 0.842. The SMILES string of the molecule is c1cc(-c2ccc3sc4nc(-c5cccc(-c6cccc7c6oc6c8ccccc8ccc76)c5)cnc4c3c2)cc(-c2cccc3c2oc2c4ccccc4ccc32)c1. The maximum atomic E-state index is 6.69. The smallest absolute Gasteiger partial charge is 0.143 e. The highest BCUT2D eigenvalue weighted by Crippen LogP contribution is 2.42. The number of hydrogen-bond donors (Lipinski definition) is 0. The van der Waals surface area contributed by atoms with Crippen LogP contribution in [0, 0.1) is 0 Å². The first-order chi connectivity index (χ1) is 29.2. The standard InChI is InChI=1S/C54H30N2O2S/c1-3-15-38-31(9-1)21-24-44-42-19-7-17-40(52(42)57-50(38)44)35-12-5-11-33(27-35)34-23-26-48-46(29-34)49-54(59-48)56-47(30-55-49)37-14-6-13-36(28-37)41-18-8-20-43-45-25-22-32-10-2-4-16-39(32)51(45)58-53(41)43/h1-30H. The van der Waals surface area contributed by atoms with E-state index in [0.29, 0.717) is 0 Å². The normalized spacial score (nSPS) is 12.1. The van der Waals surface area contributed by atoms with Crippen molar-refractivity contribution in [3.63, 3.8) is 0 Å². The van der Waals surface area contributed by atoms with E-state index >= 15 is 0 Å². The third-order valence-electron chi connectivity index (χ3n) is 11.9. The second-order valence-electron chi connectivity index (χ2n) is 15.3. The zero-order chi connectivity index (χ0) is 38.6. The molecule has 13 aromatic rings. The fourth-order valence-corrected chi connectivity index (χ4v) is 10.1. The van der Waals surface area contributed by atoms with Crippen LogP contribution in [0.25, 0.3) is 130 Å². The number of thiophene rings is 1. The first kappa shape index (κ1) is 32.5. The molecule has 9 aromatic carbocycles. The molecule has 4 aromatic heterocycles. The highest BCUT2D eigenvalue weighted by molar-refractivity contribution is 7.25. The molecule has 5 heteroatoms. The molecule has 274 valence electrons. The van der Waals surface area contributed by atoms with Crippen LogP contribution in [0.3, 0.4) is 0 Å². The van der Waals surface area contributed by atoms with E-state index in [4.69, 9.17) is 18.8 Å². The second-order valence-corrected chi connectivity index (χ2v) is 16.3. The Kier molecular flexibility index (Phi) is 6.85. The van der Waals surface area contributed by atoms with Crippen LogP contribution in [0.15, 0.2) is 191 Å². The summed E-state index contributed by atoms with van der Waals surface area (Å²) in [6.45, 7) is 0. The molecule has 0 spiro atoms. The number of nitrogens with zero attached hydrogens (tertiary/aromatic N) is 2. The lowest BCUT2D eigenvalue weighted by Gasteiger charge is -2.07. The highest BCUT2D eigenvalue weighted by atomic mass is 32.1. The molecule has 4 heterocycles. The van der Waals surface area contributed by atoms with E-state index < -0.39 is 0 Å². The molecule has 0 atom stereocenters. The zero-order valence-electron chi connectivity index (χ0n) is 31.4. The minimum absolute atomic E-state index is 0.842. The molecule has 0 bridgehead atoms. The van der Waals surface area contributed by atoms with Gasteiger partial charge in [-0.1, -0.05) is 140 Å². The molecule has 13 rings (SSSR count). The van der Waals surface area contributed by atoms with E-state index in [1.807, 2.05) is 6.20 Å². The van der Waals surface area contributed by atoms with E-state index in [9.17, 15) is 0 Å². The summed E-state index contributed by atoms with van der Waals surface area (Å²) in [7, 11) is 0. The first-order valence-electron chi connectivity index (χ1n) is 19.8. The van der Waals surface area contributed by atoms with Gasteiger partial charge in [-0.25, -0.2) is 4.98 Å². The van der Waals surface area contributed by atoms with Crippen LogP contribution in [0.5, 0.6) is 0 Å². The van der Waals surface area contributed by atoms with Crippen molar-refractivity contribution in [3.05, 3.63) is 182 Å². The summed E-state index contributed by atoms with van der Waals surface area (Å²) in [5.41, 5.74) is 13.0. The van der Waals surface area contributed by atoms with Crippen molar-refractivity contribution in [1.82, 2.24) is 9.97 Å². The monoisotopic (exact) mass is 770 g/mol. The maximum absolute atomic E-state index is 6.69. The number of hydrogen-bond acceptors (Lipinski definition) is 5. The van der Waals surface area contributed by atoms with Gasteiger partial charge in [0.1, 0.15) is 32.7 Å². The Labute approximate surface area is 341 Å². The largest absolute Gasteiger partial charge is 0.455 e. The summed E-state index contributed by atoms with van der Waals surface area (Å²) in [5.74, 6) is 0. The van der Waals surface area contributed by atoms with Crippen LogP contribution in [-0.4, -0.2) is 9.97 Å². The Morgan fingerprint density at radius 2 is 0.898 bits per heavy atom. The number of fused-ring (bicyclic) bond motifs is 13. The van der Waals surface area contributed by atoms with Gasteiger partial charge in [0.2, 0.25) is 0 Å². The average Bonchev–Trinajstić information content (AvgIpc) is 4.00. The number of rotatable bonds is 4. The predicted molar refractivity (Wildman–Crippen MR) is 246 cm³/mol. The highest BCUT2D eigenvalue weighted by Gasteiger charge is 2.18. The van der Waals surface area contributed by atoms with Gasteiger partial charge in [-0.15, -0.1) is 11.3 Å². The molecular weight excluding hydrogens is 741 g/mol. The lowest BCUT2D eigenvalue weighted by atomic mass is 9.97. The third kappa shape index (κ3) is 4.95. The topological polar surface area (TPSA) is 52.1 Å². The summed E-state index contributed by atoms with van der Waals surface area (Å²) in [6, 6.07) is 62.3. The molecule has 0 aliphatic heterocycles. The Balaban J connectivity index is 0.864.